The van der Waals surface area contributed by atoms with E-state index < -0.39 is 26.3 Å². The van der Waals surface area contributed by atoms with Gasteiger partial charge >= 0.3 is 37.9 Å². The van der Waals surface area contributed by atoms with E-state index in [-0.39, 0.29) is 0 Å². The molecule has 2 aromatic carbocycles. The summed E-state index contributed by atoms with van der Waals surface area (Å²) >= 11 is -0.826. The summed E-state index contributed by atoms with van der Waals surface area (Å²) in [4.78, 5) is 0. The average molecular weight is 356 g/mol. The van der Waals surface area contributed by atoms with Gasteiger partial charge in [0.2, 0.25) is 0 Å². The summed E-state index contributed by atoms with van der Waals surface area (Å²) in [6.45, 7) is 8.40. The van der Waals surface area contributed by atoms with Crippen LogP contribution in [0.15, 0.2) is 60.7 Å². The summed E-state index contributed by atoms with van der Waals surface area (Å²) in [5.41, 5.74) is 1.86. The molecule has 0 N–H and O–H groups in total. The van der Waals surface area contributed by atoms with Crippen LogP contribution in [0.3, 0.4) is 0 Å². The van der Waals surface area contributed by atoms with Crippen molar-refractivity contribution in [1.29, 1.82) is 0 Å². The zero-order valence-corrected chi connectivity index (χ0v) is 13.9. The van der Waals surface area contributed by atoms with Crippen LogP contribution in [0.25, 0.3) is 0 Å². The van der Waals surface area contributed by atoms with Crippen LogP contribution < -0.4 is 0 Å². The van der Waals surface area contributed by atoms with E-state index in [1.54, 1.807) is 0 Å². The second-order valence-corrected chi connectivity index (χ2v) is 7.62. The maximum absolute atomic E-state index is 4.93. The van der Waals surface area contributed by atoms with E-state index in [9.17, 15) is 0 Å². The molecule has 3 heteroatoms. The van der Waals surface area contributed by atoms with Crippen molar-refractivity contribution in [3.63, 3.8) is 0 Å². The molecule has 0 saturated carbocycles. The van der Waals surface area contributed by atoms with Crippen LogP contribution >= 0.6 is 17.0 Å². The summed E-state index contributed by atoms with van der Waals surface area (Å²) in [6, 6.07) is 20.3. The Labute approximate surface area is 128 Å². The monoisotopic (exact) mass is 354 g/mol. The van der Waals surface area contributed by atoms with Gasteiger partial charge in [-0.2, -0.15) is 0 Å². The first-order chi connectivity index (χ1) is 8.62. The molecule has 0 aliphatic heterocycles. The normalized spacial score (nSPS) is 10.0. The Morgan fingerprint density at radius 1 is 0.722 bits per heavy atom. The van der Waals surface area contributed by atoms with Crippen molar-refractivity contribution in [3.05, 3.63) is 85.6 Å². The molecule has 2 rings (SSSR count). The molecule has 0 unspecified atom stereocenters. The van der Waals surface area contributed by atoms with E-state index in [1.807, 2.05) is 36.4 Å². The minimum atomic E-state index is -0.826. The summed E-state index contributed by atoms with van der Waals surface area (Å²) in [5, 5.41) is 0. The van der Waals surface area contributed by atoms with Gasteiger partial charge in [-0.3, -0.25) is 0 Å². The zero-order valence-electron chi connectivity index (χ0n) is 9.94. The molecule has 92 valence electrons. The molecular formula is C15H14Cl2Zr. The van der Waals surface area contributed by atoms with Crippen molar-refractivity contribution in [2.45, 2.75) is 5.41 Å². The Hall–Kier alpha value is -0.0969. The molecule has 0 radical (unpaired) electrons. The Morgan fingerprint density at radius 2 is 1.00 bits per heavy atom. The van der Waals surface area contributed by atoms with Gasteiger partial charge in [0.15, 0.2) is 0 Å². The summed E-state index contributed by atoms with van der Waals surface area (Å²) in [7, 11) is 9.87. The number of halogens is 2. The van der Waals surface area contributed by atoms with Gasteiger partial charge in [0, 0.05) is 0 Å². The van der Waals surface area contributed by atoms with Gasteiger partial charge in [0.1, 0.15) is 0 Å². The Kier molecular flexibility index (Phi) is 7.23. The molecule has 0 aliphatic rings. The SMILES string of the molecule is [CH2-]C([CH2-])(c1ccccc1)c1ccccc1.[Cl][Zr+2][Cl]. The van der Waals surface area contributed by atoms with Crippen molar-refractivity contribution in [3.8, 4) is 0 Å². The molecule has 0 atom stereocenters. The zero-order chi connectivity index (χ0) is 13.4. The Balaban J connectivity index is 0.000000492. The van der Waals surface area contributed by atoms with Crippen LogP contribution in [0.2, 0.25) is 0 Å². The molecule has 0 saturated heterocycles. The van der Waals surface area contributed by atoms with Gasteiger partial charge in [0.05, 0.1) is 0 Å². The third kappa shape index (κ3) is 4.54. The number of hydrogen-bond acceptors (Lipinski definition) is 0. The van der Waals surface area contributed by atoms with Gasteiger partial charge in [-0.05, 0) is 0 Å². The van der Waals surface area contributed by atoms with Gasteiger partial charge in [-0.15, -0.1) is 0 Å². The van der Waals surface area contributed by atoms with Gasteiger partial charge in [0.25, 0.3) is 0 Å². The third-order valence-corrected chi connectivity index (χ3v) is 2.65. The average Bonchev–Trinajstić information content (AvgIpc) is 2.42. The molecule has 0 spiro atoms. The molecule has 0 heterocycles. The fourth-order valence-electron chi connectivity index (χ4n) is 1.68. The summed E-state index contributed by atoms with van der Waals surface area (Å²) < 4.78 is 0. The second kappa shape index (κ2) is 8.15. The summed E-state index contributed by atoms with van der Waals surface area (Å²) in [5.74, 6) is 0. The van der Waals surface area contributed by atoms with E-state index in [4.69, 9.17) is 17.0 Å². The maximum atomic E-state index is 4.93. The fourth-order valence-corrected chi connectivity index (χ4v) is 1.68. The minimum absolute atomic E-state index is 0.414. The molecule has 0 amide bonds. The van der Waals surface area contributed by atoms with Crippen LogP contribution in [0, 0.1) is 13.8 Å². The van der Waals surface area contributed by atoms with Crippen LogP contribution in [0.1, 0.15) is 11.1 Å². The van der Waals surface area contributed by atoms with Crippen molar-refractivity contribution < 1.29 is 20.8 Å². The molecule has 0 aromatic heterocycles. The van der Waals surface area contributed by atoms with E-state index in [2.05, 4.69) is 38.1 Å². The second-order valence-electron chi connectivity index (χ2n) is 3.89. The van der Waals surface area contributed by atoms with E-state index >= 15 is 0 Å². The van der Waals surface area contributed by atoms with Crippen molar-refractivity contribution in [2.75, 3.05) is 0 Å². The van der Waals surface area contributed by atoms with E-state index in [0.29, 0.717) is 0 Å². The third-order valence-electron chi connectivity index (χ3n) is 2.65. The van der Waals surface area contributed by atoms with Gasteiger partial charge in [-0.1, -0.05) is 71.8 Å². The predicted molar refractivity (Wildman–Crippen MR) is 76.1 cm³/mol. The molecule has 0 aliphatic carbocycles. The standard InChI is InChI=1S/C15H14.2ClH.Zr/c1-15(2,13-9-5-3-6-10-13)14-11-7-4-8-12-14;;;/h3-12H,1-2H2;2*1H;/q-2;;;+4/p-2. The van der Waals surface area contributed by atoms with Crippen molar-refractivity contribution >= 4 is 17.0 Å². The van der Waals surface area contributed by atoms with Crippen molar-refractivity contribution in [1.82, 2.24) is 0 Å². The number of rotatable bonds is 2. The van der Waals surface area contributed by atoms with Crippen LogP contribution in [0.4, 0.5) is 0 Å². The molecular weight excluding hydrogens is 342 g/mol. The summed E-state index contributed by atoms with van der Waals surface area (Å²) in [6.07, 6.45) is 0. The van der Waals surface area contributed by atoms with Crippen LogP contribution in [-0.2, 0) is 26.3 Å². The van der Waals surface area contributed by atoms with E-state index in [0.717, 1.165) is 11.1 Å². The van der Waals surface area contributed by atoms with Crippen molar-refractivity contribution in [2.24, 2.45) is 0 Å². The molecule has 0 fully saturated rings. The topological polar surface area (TPSA) is 0 Å². The molecule has 2 aromatic rings. The van der Waals surface area contributed by atoms with Crippen LogP contribution in [-0.4, -0.2) is 0 Å². The molecule has 0 nitrogen and oxygen atoms in total. The number of hydrogen-bond donors (Lipinski definition) is 0. The van der Waals surface area contributed by atoms with Crippen LogP contribution in [0.5, 0.6) is 0 Å². The fraction of sp³-hybridized carbons (Fsp3) is 0.0667. The van der Waals surface area contributed by atoms with Gasteiger partial charge in [-0.25, -0.2) is 5.41 Å². The number of benzene rings is 2. The Morgan fingerprint density at radius 3 is 1.28 bits per heavy atom. The van der Waals surface area contributed by atoms with Gasteiger partial charge < -0.3 is 13.8 Å². The van der Waals surface area contributed by atoms with E-state index in [1.165, 1.54) is 0 Å². The molecule has 18 heavy (non-hydrogen) atoms. The first-order valence-electron chi connectivity index (χ1n) is 5.41. The quantitative estimate of drug-likeness (QED) is 0.663. The molecule has 0 bridgehead atoms. The first-order valence-corrected chi connectivity index (χ1v) is 11.7. The first kappa shape index (κ1) is 16.0. The predicted octanol–water partition coefficient (Wildman–Crippen LogP) is 5.02. The Bertz CT molecular complexity index is 399.